The highest BCUT2D eigenvalue weighted by molar-refractivity contribution is 5.98. The van der Waals surface area contributed by atoms with Gasteiger partial charge in [0.25, 0.3) is 5.91 Å². The third-order valence-electron chi connectivity index (χ3n) is 6.67. The SMILES string of the molecule is CCOc1ccc2c(c1)CCN(C(=O)OC(C)(C)C)C2C(=O)Nc1cc(F)c2c(c1)CCC2(C)C. The number of hydrogen-bond donors (Lipinski definition) is 1. The van der Waals surface area contributed by atoms with Crippen LogP contribution < -0.4 is 10.1 Å². The first-order chi connectivity index (χ1) is 16.4. The molecule has 7 heteroatoms. The van der Waals surface area contributed by atoms with E-state index < -0.39 is 23.6 Å². The van der Waals surface area contributed by atoms with Crippen LogP contribution in [0.4, 0.5) is 14.9 Å². The maximum absolute atomic E-state index is 15.0. The van der Waals surface area contributed by atoms with E-state index in [9.17, 15) is 9.59 Å². The molecule has 1 unspecified atom stereocenters. The van der Waals surface area contributed by atoms with Gasteiger partial charge in [-0.25, -0.2) is 9.18 Å². The lowest BCUT2D eigenvalue weighted by Gasteiger charge is -2.37. The Hall–Kier alpha value is -3.09. The Balaban J connectivity index is 1.67. The molecule has 0 spiro atoms. The van der Waals surface area contributed by atoms with Crippen molar-refractivity contribution in [3.63, 3.8) is 0 Å². The maximum Gasteiger partial charge on any atom is 0.411 e. The monoisotopic (exact) mass is 482 g/mol. The van der Waals surface area contributed by atoms with Crippen LogP contribution in [-0.2, 0) is 27.8 Å². The van der Waals surface area contributed by atoms with Gasteiger partial charge in [-0.2, -0.15) is 0 Å². The van der Waals surface area contributed by atoms with E-state index in [2.05, 4.69) is 5.32 Å². The molecule has 0 radical (unpaired) electrons. The molecule has 2 aromatic carbocycles. The molecule has 4 rings (SSSR count). The fourth-order valence-corrected chi connectivity index (χ4v) is 5.13. The Kier molecular flexibility index (Phi) is 6.56. The van der Waals surface area contributed by atoms with E-state index in [4.69, 9.17) is 9.47 Å². The van der Waals surface area contributed by atoms with E-state index >= 15 is 4.39 Å². The number of nitrogens with one attached hydrogen (secondary N) is 1. The third kappa shape index (κ3) is 5.14. The second kappa shape index (κ2) is 9.17. The van der Waals surface area contributed by atoms with Crippen LogP contribution in [0.3, 0.4) is 0 Å². The van der Waals surface area contributed by atoms with Gasteiger partial charge >= 0.3 is 6.09 Å². The number of fused-ring (bicyclic) bond motifs is 2. The fourth-order valence-electron chi connectivity index (χ4n) is 5.13. The molecule has 0 saturated carbocycles. The summed E-state index contributed by atoms with van der Waals surface area (Å²) in [7, 11) is 0. The summed E-state index contributed by atoms with van der Waals surface area (Å²) in [4.78, 5) is 28.2. The standard InChI is InChI=1S/C28H35FN2O4/c1-7-34-20-8-9-21-17(15-20)11-13-31(26(33)35-27(2,3)4)24(21)25(32)30-19-14-18-10-12-28(5,6)23(18)22(29)16-19/h8-9,14-16,24H,7,10-13H2,1-6H3,(H,30,32). The van der Waals surface area contributed by atoms with Gasteiger partial charge in [0.15, 0.2) is 0 Å². The molecule has 1 aliphatic carbocycles. The van der Waals surface area contributed by atoms with Crippen LogP contribution in [0.2, 0.25) is 0 Å². The number of rotatable bonds is 4. The van der Waals surface area contributed by atoms with Gasteiger partial charge in [0, 0.05) is 12.2 Å². The number of ether oxygens (including phenoxy) is 2. The first kappa shape index (κ1) is 25.0. The lowest BCUT2D eigenvalue weighted by molar-refractivity contribution is -0.122. The molecular weight excluding hydrogens is 447 g/mol. The van der Waals surface area contributed by atoms with Gasteiger partial charge in [0.2, 0.25) is 0 Å². The molecule has 1 aliphatic heterocycles. The first-order valence-corrected chi connectivity index (χ1v) is 12.3. The molecule has 0 bridgehead atoms. The summed E-state index contributed by atoms with van der Waals surface area (Å²) < 4.78 is 26.3. The molecule has 2 aromatic rings. The zero-order valence-corrected chi connectivity index (χ0v) is 21.5. The molecule has 2 amide bonds. The number of aryl methyl sites for hydroxylation is 1. The quantitative estimate of drug-likeness (QED) is 0.587. The van der Waals surface area contributed by atoms with Crippen molar-refractivity contribution in [3.8, 4) is 5.75 Å². The van der Waals surface area contributed by atoms with E-state index in [1.807, 2.05) is 39.0 Å². The smallest absolute Gasteiger partial charge is 0.411 e. The highest BCUT2D eigenvalue weighted by Gasteiger charge is 2.39. The number of halogens is 1. The summed E-state index contributed by atoms with van der Waals surface area (Å²) in [5, 5.41) is 2.88. The normalized spacial score (nSPS) is 18.5. The van der Waals surface area contributed by atoms with Gasteiger partial charge in [-0.3, -0.25) is 9.69 Å². The minimum Gasteiger partial charge on any atom is -0.494 e. The van der Waals surface area contributed by atoms with Crippen molar-refractivity contribution in [2.24, 2.45) is 0 Å². The van der Waals surface area contributed by atoms with E-state index in [1.165, 1.54) is 11.0 Å². The Morgan fingerprint density at radius 1 is 1.14 bits per heavy atom. The predicted molar refractivity (Wildman–Crippen MR) is 133 cm³/mol. The van der Waals surface area contributed by atoms with Crippen molar-refractivity contribution in [3.05, 3.63) is 58.4 Å². The van der Waals surface area contributed by atoms with E-state index in [0.717, 1.165) is 35.3 Å². The topological polar surface area (TPSA) is 67.9 Å². The number of amides is 2. The second-order valence-corrected chi connectivity index (χ2v) is 11.0. The second-order valence-electron chi connectivity index (χ2n) is 11.0. The summed E-state index contributed by atoms with van der Waals surface area (Å²) in [5.74, 6) is 0.00621. The summed E-state index contributed by atoms with van der Waals surface area (Å²) in [6.07, 6.45) is 1.64. The number of carbonyl (C=O) groups is 2. The van der Waals surface area contributed by atoms with Gasteiger partial charge in [-0.1, -0.05) is 19.9 Å². The van der Waals surface area contributed by atoms with Crippen molar-refractivity contribution >= 4 is 17.7 Å². The molecule has 1 atom stereocenters. The van der Waals surface area contributed by atoms with Crippen LogP contribution in [0.25, 0.3) is 0 Å². The molecule has 0 fully saturated rings. The molecule has 6 nitrogen and oxygen atoms in total. The lowest BCUT2D eigenvalue weighted by atomic mass is 9.86. The Labute approximate surface area is 206 Å². The zero-order chi connectivity index (χ0) is 25.5. The largest absolute Gasteiger partial charge is 0.494 e. The minimum absolute atomic E-state index is 0.226. The zero-order valence-electron chi connectivity index (χ0n) is 21.5. The van der Waals surface area contributed by atoms with Gasteiger partial charge in [0.1, 0.15) is 23.2 Å². The number of hydrogen-bond acceptors (Lipinski definition) is 4. The third-order valence-corrected chi connectivity index (χ3v) is 6.67. The average molecular weight is 483 g/mol. The lowest BCUT2D eigenvalue weighted by Crippen LogP contribution is -2.47. The van der Waals surface area contributed by atoms with Crippen LogP contribution in [0.1, 0.15) is 76.3 Å². The molecule has 1 heterocycles. The summed E-state index contributed by atoms with van der Waals surface area (Å²) in [6.45, 7) is 12.2. The minimum atomic E-state index is -0.906. The molecule has 0 saturated heterocycles. The van der Waals surface area contributed by atoms with Crippen LogP contribution in [0.5, 0.6) is 5.75 Å². The number of anilines is 1. The van der Waals surface area contributed by atoms with Crippen molar-refractivity contribution in [2.75, 3.05) is 18.5 Å². The number of nitrogens with zero attached hydrogens (tertiary/aromatic N) is 1. The average Bonchev–Trinajstić information content (AvgIpc) is 3.06. The van der Waals surface area contributed by atoms with Crippen LogP contribution in [0.15, 0.2) is 30.3 Å². The van der Waals surface area contributed by atoms with Crippen LogP contribution in [-0.4, -0.2) is 35.7 Å². The fraction of sp³-hybridized carbons (Fsp3) is 0.500. The number of carbonyl (C=O) groups excluding carboxylic acids is 2. The Bertz CT molecular complexity index is 1150. The van der Waals surface area contributed by atoms with Gasteiger partial charge in [-0.15, -0.1) is 0 Å². The molecule has 1 N–H and O–H groups in total. The summed E-state index contributed by atoms with van der Waals surface area (Å²) in [5.41, 5.74) is 2.76. The van der Waals surface area contributed by atoms with Crippen molar-refractivity contribution in [1.29, 1.82) is 0 Å². The highest BCUT2D eigenvalue weighted by atomic mass is 19.1. The highest BCUT2D eigenvalue weighted by Crippen LogP contribution is 2.41. The van der Waals surface area contributed by atoms with E-state index in [0.29, 0.717) is 30.8 Å². The molecule has 35 heavy (non-hydrogen) atoms. The Morgan fingerprint density at radius 3 is 2.57 bits per heavy atom. The van der Waals surface area contributed by atoms with E-state index in [1.54, 1.807) is 26.8 Å². The predicted octanol–water partition coefficient (Wildman–Crippen LogP) is 5.92. The summed E-state index contributed by atoms with van der Waals surface area (Å²) in [6, 6.07) is 7.87. The van der Waals surface area contributed by atoms with Gasteiger partial charge in [0.05, 0.1) is 6.61 Å². The number of benzene rings is 2. The summed E-state index contributed by atoms with van der Waals surface area (Å²) >= 11 is 0. The van der Waals surface area contributed by atoms with Crippen molar-refractivity contribution < 1.29 is 23.5 Å². The Morgan fingerprint density at radius 2 is 1.89 bits per heavy atom. The molecular formula is C28H35FN2O4. The van der Waals surface area contributed by atoms with Crippen molar-refractivity contribution in [1.82, 2.24) is 4.90 Å². The van der Waals surface area contributed by atoms with Gasteiger partial charge < -0.3 is 14.8 Å². The van der Waals surface area contributed by atoms with E-state index in [-0.39, 0.29) is 11.2 Å². The maximum atomic E-state index is 15.0. The van der Waals surface area contributed by atoms with Crippen LogP contribution >= 0.6 is 0 Å². The molecule has 188 valence electrons. The molecule has 0 aromatic heterocycles. The van der Waals surface area contributed by atoms with Crippen LogP contribution in [0, 0.1) is 5.82 Å². The first-order valence-electron chi connectivity index (χ1n) is 12.3. The van der Waals surface area contributed by atoms with Gasteiger partial charge in [-0.05, 0) is 98.9 Å². The molecule has 2 aliphatic rings. The van der Waals surface area contributed by atoms with Crippen molar-refractivity contribution in [2.45, 2.75) is 77.9 Å².